The number of hydrogen-bond donors (Lipinski definition) is 2. The van der Waals surface area contributed by atoms with Crippen LogP contribution in [0, 0.1) is 17.3 Å². The Morgan fingerprint density at radius 1 is 1.04 bits per heavy atom. The molecular formula is C52H71N7O8S. The van der Waals surface area contributed by atoms with Crippen molar-refractivity contribution in [3.8, 4) is 22.4 Å². The van der Waals surface area contributed by atoms with Crippen LogP contribution in [-0.4, -0.2) is 115 Å². The molecule has 0 saturated carbocycles. The number of aryl methyl sites for hydroxylation is 1. The molecule has 4 aromatic rings. The van der Waals surface area contributed by atoms with Crippen molar-refractivity contribution < 1.29 is 37.1 Å². The number of nitrogens with one attached hydrogen (secondary N) is 2. The number of benzene rings is 2. The van der Waals surface area contributed by atoms with Gasteiger partial charge in [0.25, 0.3) is 12.4 Å². The van der Waals surface area contributed by atoms with Gasteiger partial charge in [-0.05, 0) is 106 Å². The minimum absolute atomic E-state index is 0.0362. The SMILES string of the molecule is C/C=C(\C)S(=O)(=O)N1CCC(C(=O)N(C)[C@H](C(=O)N[C@@H](Cc2cccc(-c3ccc4c(c3)c(CC(C)(C)COC=O)c(-c3cccnc3[C@H](C)OC)n4CC)c2)C(=O)N2CCCCN2)C(C)C)C1. The van der Waals surface area contributed by atoms with Crippen LogP contribution in [0.1, 0.15) is 97.6 Å². The number of ether oxygens (including phenoxy) is 2. The second-order valence-corrected chi connectivity index (χ2v) is 21.4. The third-order valence-electron chi connectivity index (χ3n) is 13.5. The zero-order chi connectivity index (χ0) is 49.5. The summed E-state index contributed by atoms with van der Waals surface area (Å²) < 4.78 is 40.9. The van der Waals surface area contributed by atoms with Crippen LogP contribution in [0.3, 0.4) is 0 Å². The monoisotopic (exact) mass is 954 g/mol. The molecule has 15 nitrogen and oxygen atoms in total. The van der Waals surface area contributed by atoms with Crippen molar-refractivity contribution in [1.29, 1.82) is 0 Å². The van der Waals surface area contributed by atoms with Crippen LogP contribution in [0.25, 0.3) is 33.3 Å². The molecule has 1 unspecified atom stereocenters. The highest BCUT2D eigenvalue weighted by Crippen LogP contribution is 2.42. The van der Waals surface area contributed by atoms with Crippen LogP contribution in [0.15, 0.2) is 71.8 Å². The number of amides is 3. The van der Waals surface area contributed by atoms with Crippen molar-refractivity contribution in [2.75, 3.05) is 46.9 Å². The van der Waals surface area contributed by atoms with E-state index in [2.05, 4.69) is 66.4 Å². The summed E-state index contributed by atoms with van der Waals surface area (Å²) in [5.74, 6) is -1.96. The molecule has 4 heterocycles. The van der Waals surface area contributed by atoms with E-state index in [-0.39, 0.29) is 54.9 Å². The van der Waals surface area contributed by atoms with Gasteiger partial charge in [-0.15, -0.1) is 0 Å². The Bertz CT molecular complexity index is 2600. The average Bonchev–Trinajstić information content (AvgIpc) is 3.96. The van der Waals surface area contributed by atoms with E-state index >= 15 is 0 Å². The van der Waals surface area contributed by atoms with Gasteiger partial charge in [-0.1, -0.05) is 64.1 Å². The largest absolute Gasteiger partial charge is 0.467 e. The Balaban J connectivity index is 1.34. The molecule has 2 aromatic carbocycles. The van der Waals surface area contributed by atoms with E-state index in [4.69, 9.17) is 14.5 Å². The molecule has 2 aliphatic rings. The first-order valence-corrected chi connectivity index (χ1v) is 25.3. The number of carbonyl (C=O) groups is 4. The predicted molar refractivity (Wildman–Crippen MR) is 265 cm³/mol. The summed E-state index contributed by atoms with van der Waals surface area (Å²) in [6.07, 6.45) is 5.94. The first kappa shape index (κ1) is 52.0. The number of hydrogen-bond acceptors (Lipinski definition) is 10. The Hall–Kier alpha value is -5.42. The number of pyridine rings is 1. The smallest absolute Gasteiger partial charge is 0.293 e. The molecular weight excluding hydrogens is 883 g/mol. The minimum Gasteiger partial charge on any atom is -0.467 e. The number of methoxy groups -OCH3 is 1. The van der Waals surface area contributed by atoms with Gasteiger partial charge >= 0.3 is 0 Å². The molecule has 368 valence electrons. The molecule has 68 heavy (non-hydrogen) atoms. The molecule has 2 N–H and O–H groups in total. The maximum Gasteiger partial charge on any atom is 0.293 e. The standard InChI is InChI=1S/C52H71N7O8S/c1-11-35(5)68(64,65)57-26-22-40(31-57)50(62)56(9)47(34(3)4)49(61)55-44(51(63)59-25-14-13-24-54-59)28-37-17-15-18-38(27-37)39-20-21-45-42(29-39)43(30-52(7,8)32-67-33-60)48(58(45)12-2)41-19-16-23-53-46(41)36(6)66-10/h11,15-21,23,27,29,33-34,36,40,44,47,54H,12-14,22,24-26,28,30-32H2,1-10H3,(H,55,61)/b35-11+/t36-,40?,44-,47-/m0/s1. The van der Waals surface area contributed by atoms with Crippen molar-refractivity contribution in [2.24, 2.45) is 17.3 Å². The van der Waals surface area contributed by atoms with Crippen LogP contribution in [0.4, 0.5) is 0 Å². The van der Waals surface area contributed by atoms with Gasteiger partial charge in [-0.2, -0.15) is 4.31 Å². The molecule has 2 fully saturated rings. The molecule has 0 spiro atoms. The summed E-state index contributed by atoms with van der Waals surface area (Å²) >= 11 is 0. The van der Waals surface area contributed by atoms with Crippen LogP contribution >= 0.6 is 0 Å². The fourth-order valence-corrected chi connectivity index (χ4v) is 11.2. The Kier molecular flexibility index (Phi) is 17.1. The molecule has 0 aliphatic carbocycles. The minimum atomic E-state index is -3.68. The molecule has 2 aliphatic heterocycles. The van der Waals surface area contributed by atoms with E-state index in [0.717, 1.165) is 62.9 Å². The lowest BCUT2D eigenvalue weighted by Gasteiger charge is -2.35. The van der Waals surface area contributed by atoms with Crippen LogP contribution in [-0.2, 0) is 58.1 Å². The number of aromatic nitrogens is 2. The van der Waals surface area contributed by atoms with Gasteiger partial charge in [0.05, 0.1) is 34.9 Å². The van der Waals surface area contributed by atoms with E-state index < -0.39 is 39.3 Å². The first-order valence-electron chi connectivity index (χ1n) is 23.9. The van der Waals surface area contributed by atoms with E-state index in [0.29, 0.717) is 38.9 Å². The molecule has 0 radical (unpaired) electrons. The summed E-state index contributed by atoms with van der Waals surface area (Å²) in [6, 6.07) is 16.6. The summed E-state index contributed by atoms with van der Waals surface area (Å²) in [4.78, 5) is 60.7. The van der Waals surface area contributed by atoms with Gasteiger partial charge in [0.2, 0.25) is 21.8 Å². The second-order valence-electron chi connectivity index (χ2n) is 19.3. The third kappa shape index (κ3) is 11.4. The van der Waals surface area contributed by atoms with Crippen molar-refractivity contribution >= 4 is 45.1 Å². The maximum atomic E-state index is 14.5. The summed E-state index contributed by atoms with van der Waals surface area (Å²) in [6.45, 7) is 18.0. The first-order chi connectivity index (χ1) is 32.4. The van der Waals surface area contributed by atoms with Gasteiger partial charge in [-0.25, -0.2) is 13.8 Å². The van der Waals surface area contributed by atoms with Crippen LogP contribution < -0.4 is 10.7 Å². The molecule has 16 heteroatoms. The highest BCUT2D eigenvalue weighted by Gasteiger charge is 2.41. The summed E-state index contributed by atoms with van der Waals surface area (Å²) in [7, 11) is -0.421. The molecule has 2 saturated heterocycles. The lowest BCUT2D eigenvalue weighted by Crippen LogP contribution is -2.59. The molecule has 0 bridgehead atoms. The lowest BCUT2D eigenvalue weighted by atomic mass is 9.84. The summed E-state index contributed by atoms with van der Waals surface area (Å²) in [5, 5.41) is 5.72. The van der Waals surface area contributed by atoms with Gasteiger partial charge in [0.15, 0.2) is 0 Å². The van der Waals surface area contributed by atoms with Gasteiger partial charge < -0.3 is 24.3 Å². The Morgan fingerprint density at radius 3 is 2.46 bits per heavy atom. The highest BCUT2D eigenvalue weighted by molar-refractivity contribution is 7.93. The van der Waals surface area contributed by atoms with E-state index in [1.54, 1.807) is 45.3 Å². The van der Waals surface area contributed by atoms with Gasteiger partial charge in [0.1, 0.15) is 12.1 Å². The number of sulfonamides is 1. The topological polar surface area (TPSA) is 172 Å². The van der Waals surface area contributed by atoms with Crippen LogP contribution in [0.5, 0.6) is 0 Å². The van der Waals surface area contributed by atoms with Crippen molar-refractivity contribution in [1.82, 2.24) is 34.5 Å². The molecule has 6 rings (SSSR count). The number of rotatable bonds is 20. The van der Waals surface area contributed by atoms with Crippen molar-refractivity contribution in [3.63, 3.8) is 0 Å². The number of hydrazine groups is 1. The number of carbonyl (C=O) groups excluding carboxylic acids is 4. The quantitative estimate of drug-likeness (QED) is 0.0875. The number of nitrogens with zero attached hydrogens (tertiary/aromatic N) is 5. The van der Waals surface area contributed by atoms with Gasteiger partial charge in [0, 0.05) is 81.4 Å². The van der Waals surface area contributed by atoms with E-state index in [1.165, 1.54) is 9.21 Å². The lowest BCUT2D eigenvalue weighted by molar-refractivity contribution is -0.145. The van der Waals surface area contributed by atoms with E-state index in [9.17, 15) is 27.6 Å². The zero-order valence-electron chi connectivity index (χ0n) is 41.5. The average molecular weight is 954 g/mol. The third-order valence-corrected chi connectivity index (χ3v) is 15.6. The van der Waals surface area contributed by atoms with E-state index in [1.807, 2.05) is 45.0 Å². The normalized spacial score (nSPS) is 17.5. The Labute approximate surface area is 402 Å². The number of likely N-dealkylation sites (N-methyl/N-ethyl adjacent to an activating group) is 1. The maximum absolute atomic E-state index is 14.5. The number of fused-ring (bicyclic) bond motifs is 1. The molecule has 4 atom stereocenters. The van der Waals surface area contributed by atoms with Crippen LogP contribution in [0.2, 0.25) is 0 Å². The molecule has 2 aromatic heterocycles. The molecule has 3 amide bonds. The van der Waals surface area contributed by atoms with Crippen molar-refractivity contribution in [3.05, 3.63) is 88.6 Å². The van der Waals surface area contributed by atoms with Gasteiger partial charge in [-0.3, -0.25) is 29.2 Å². The highest BCUT2D eigenvalue weighted by atomic mass is 32.2. The zero-order valence-corrected chi connectivity index (χ0v) is 42.3. The Morgan fingerprint density at radius 2 is 1.79 bits per heavy atom. The summed E-state index contributed by atoms with van der Waals surface area (Å²) in [5.41, 5.74) is 10.5. The van der Waals surface area contributed by atoms with Crippen molar-refractivity contribution in [2.45, 2.75) is 112 Å². The fourth-order valence-electron chi connectivity index (χ4n) is 9.75. The number of allylic oxidation sites excluding steroid dienone is 2. The predicted octanol–water partition coefficient (Wildman–Crippen LogP) is 7.05. The fraction of sp³-hybridized carbons (Fsp3) is 0.519. The second kappa shape index (κ2) is 22.3.